The first kappa shape index (κ1) is 11.1. The first-order valence-electron chi connectivity index (χ1n) is 5.24. The number of carbonyl (C=O) groups excluding carboxylic acids is 1. The van der Waals surface area contributed by atoms with Gasteiger partial charge in [-0.25, -0.2) is 0 Å². The average Bonchev–Trinajstić information content (AvgIpc) is 2.32. The molecule has 1 heterocycles. The first-order chi connectivity index (χ1) is 8.16. The highest BCUT2D eigenvalue weighted by molar-refractivity contribution is 6.05. The summed E-state index contributed by atoms with van der Waals surface area (Å²) >= 11 is 0. The van der Waals surface area contributed by atoms with E-state index in [9.17, 15) is 4.79 Å². The molecule has 0 fully saturated rings. The number of benzene rings is 1. The Morgan fingerprint density at radius 1 is 1.29 bits per heavy atom. The number of nitrogens with two attached hydrogens (primary N) is 1. The molecule has 1 aromatic heterocycles. The fourth-order valence-electron chi connectivity index (χ4n) is 1.48. The standard InChI is InChI=1S/C13H13N3O/c1-9-6-10(8-15-7-9)13(17)16-12-5-3-2-4-11(12)14/h2-8H,14H2,1H3,(H,16,17). The second-order valence-corrected chi connectivity index (χ2v) is 3.79. The van der Waals surface area contributed by atoms with Gasteiger partial charge in [0.1, 0.15) is 0 Å². The van der Waals surface area contributed by atoms with Crippen LogP contribution in [0.1, 0.15) is 15.9 Å². The minimum absolute atomic E-state index is 0.209. The maximum absolute atomic E-state index is 11.9. The summed E-state index contributed by atoms with van der Waals surface area (Å²) in [4.78, 5) is 15.9. The number of aromatic nitrogens is 1. The summed E-state index contributed by atoms with van der Waals surface area (Å²) in [6, 6.07) is 8.92. The number of aryl methyl sites for hydroxylation is 1. The van der Waals surface area contributed by atoms with Gasteiger partial charge in [-0.2, -0.15) is 0 Å². The molecule has 0 aliphatic heterocycles. The van der Waals surface area contributed by atoms with E-state index in [1.807, 2.05) is 19.1 Å². The number of hydrogen-bond donors (Lipinski definition) is 2. The largest absolute Gasteiger partial charge is 0.397 e. The minimum Gasteiger partial charge on any atom is -0.397 e. The van der Waals surface area contributed by atoms with E-state index in [1.54, 1.807) is 24.4 Å². The number of nitrogens with one attached hydrogen (secondary N) is 1. The van der Waals surface area contributed by atoms with Gasteiger partial charge < -0.3 is 11.1 Å². The third-order valence-corrected chi connectivity index (χ3v) is 2.35. The molecule has 4 heteroatoms. The van der Waals surface area contributed by atoms with Crippen LogP contribution in [0.4, 0.5) is 11.4 Å². The quantitative estimate of drug-likeness (QED) is 0.773. The molecule has 4 nitrogen and oxygen atoms in total. The molecule has 2 rings (SSSR count). The van der Waals surface area contributed by atoms with E-state index in [1.165, 1.54) is 6.20 Å². The predicted molar refractivity (Wildman–Crippen MR) is 67.8 cm³/mol. The van der Waals surface area contributed by atoms with Crippen LogP contribution < -0.4 is 11.1 Å². The molecule has 0 spiro atoms. The number of nitrogens with zero attached hydrogens (tertiary/aromatic N) is 1. The molecule has 0 unspecified atom stereocenters. The molecule has 0 radical (unpaired) electrons. The SMILES string of the molecule is Cc1cncc(C(=O)Nc2ccccc2N)c1. The van der Waals surface area contributed by atoms with Gasteiger partial charge in [-0.15, -0.1) is 0 Å². The van der Waals surface area contributed by atoms with Gasteiger partial charge in [0.05, 0.1) is 16.9 Å². The van der Waals surface area contributed by atoms with Crippen molar-refractivity contribution in [3.05, 3.63) is 53.9 Å². The first-order valence-corrected chi connectivity index (χ1v) is 5.24. The van der Waals surface area contributed by atoms with E-state index in [0.717, 1.165) is 5.56 Å². The van der Waals surface area contributed by atoms with Gasteiger partial charge in [0.2, 0.25) is 0 Å². The van der Waals surface area contributed by atoms with Gasteiger partial charge in [0.25, 0.3) is 5.91 Å². The average molecular weight is 227 g/mol. The summed E-state index contributed by atoms with van der Waals surface area (Å²) in [7, 11) is 0. The summed E-state index contributed by atoms with van der Waals surface area (Å²) in [5, 5.41) is 2.75. The second-order valence-electron chi connectivity index (χ2n) is 3.79. The zero-order valence-corrected chi connectivity index (χ0v) is 9.47. The Kier molecular flexibility index (Phi) is 3.05. The molecule has 0 bridgehead atoms. The topological polar surface area (TPSA) is 68.0 Å². The molecule has 0 atom stereocenters. The van der Waals surface area contributed by atoms with Crippen LogP contribution in [-0.2, 0) is 0 Å². The van der Waals surface area contributed by atoms with Crippen molar-refractivity contribution in [3.63, 3.8) is 0 Å². The molecule has 0 aliphatic carbocycles. The van der Waals surface area contributed by atoms with Crippen LogP contribution in [0.25, 0.3) is 0 Å². The predicted octanol–water partition coefficient (Wildman–Crippen LogP) is 2.22. The summed E-state index contributed by atoms with van der Waals surface area (Å²) in [5.41, 5.74) is 8.36. The molecule has 1 amide bonds. The monoisotopic (exact) mass is 227 g/mol. The Morgan fingerprint density at radius 2 is 2.06 bits per heavy atom. The van der Waals surface area contributed by atoms with Crippen LogP contribution in [-0.4, -0.2) is 10.9 Å². The van der Waals surface area contributed by atoms with Crippen molar-refractivity contribution >= 4 is 17.3 Å². The molecular formula is C13H13N3O. The van der Waals surface area contributed by atoms with Gasteiger partial charge in [0.15, 0.2) is 0 Å². The van der Waals surface area contributed by atoms with E-state index in [0.29, 0.717) is 16.9 Å². The molecular weight excluding hydrogens is 214 g/mol. The summed E-state index contributed by atoms with van der Waals surface area (Å²) < 4.78 is 0. The van der Waals surface area contributed by atoms with Gasteiger partial charge in [-0.3, -0.25) is 9.78 Å². The Hall–Kier alpha value is -2.36. The highest BCUT2D eigenvalue weighted by Crippen LogP contribution is 2.17. The van der Waals surface area contributed by atoms with Crippen molar-refractivity contribution in [1.29, 1.82) is 0 Å². The van der Waals surface area contributed by atoms with Crippen molar-refractivity contribution in [3.8, 4) is 0 Å². The Balaban J connectivity index is 2.20. The van der Waals surface area contributed by atoms with Crippen LogP contribution in [0.2, 0.25) is 0 Å². The molecule has 86 valence electrons. The van der Waals surface area contributed by atoms with E-state index in [4.69, 9.17) is 5.73 Å². The number of anilines is 2. The van der Waals surface area contributed by atoms with Crippen molar-refractivity contribution in [2.75, 3.05) is 11.1 Å². The smallest absolute Gasteiger partial charge is 0.257 e. The molecule has 0 saturated heterocycles. The van der Waals surface area contributed by atoms with Gasteiger partial charge >= 0.3 is 0 Å². The van der Waals surface area contributed by atoms with Crippen molar-refractivity contribution < 1.29 is 4.79 Å². The van der Waals surface area contributed by atoms with Gasteiger partial charge in [-0.1, -0.05) is 12.1 Å². The maximum Gasteiger partial charge on any atom is 0.257 e. The van der Waals surface area contributed by atoms with Crippen molar-refractivity contribution in [2.45, 2.75) is 6.92 Å². The lowest BCUT2D eigenvalue weighted by molar-refractivity contribution is 0.102. The molecule has 0 aliphatic rings. The molecule has 2 aromatic rings. The summed E-state index contributed by atoms with van der Waals surface area (Å²) in [5.74, 6) is -0.209. The fraction of sp³-hybridized carbons (Fsp3) is 0.0769. The maximum atomic E-state index is 11.9. The number of nitrogen functional groups attached to an aromatic ring is 1. The summed E-state index contributed by atoms with van der Waals surface area (Å²) in [6.45, 7) is 1.89. The number of carbonyl (C=O) groups is 1. The third-order valence-electron chi connectivity index (χ3n) is 2.35. The number of rotatable bonds is 2. The van der Waals surface area contributed by atoms with E-state index >= 15 is 0 Å². The normalized spacial score (nSPS) is 9.94. The van der Waals surface area contributed by atoms with Crippen molar-refractivity contribution in [2.24, 2.45) is 0 Å². The van der Waals surface area contributed by atoms with Gasteiger partial charge in [0, 0.05) is 12.4 Å². The van der Waals surface area contributed by atoms with Crippen LogP contribution in [0, 0.1) is 6.92 Å². The van der Waals surface area contributed by atoms with E-state index in [2.05, 4.69) is 10.3 Å². The fourth-order valence-corrected chi connectivity index (χ4v) is 1.48. The zero-order valence-electron chi connectivity index (χ0n) is 9.47. The number of amides is 1. The Labute approximate surface area is 99.5 Å². The second kappa shape index (κ2) is 4.65. The molecule has 1 aromatic carbocycles. The van der Waals surface area contributed by atoms with Crippen LogP contribution in [0.3, 0.4) is 0 Å². The van der Waals surface area contributed by atoms with E-state index in [-0.39, 0.29) is 5.91 Å². The van der Waals surface area contributed by atoms with Crippen LogP contribution in [0.5, 0.6) is 0 Å². The van der Waals surface area contributed by atoms with Crippen LogP contribution >= 0.6 is 0 Å². The lowest BCUT2D eigenvalue weighted by Gasteiger charge is -2.07. The Morgan fingerprint density at radius 3 is 2.76 bits per heavy atom. The third kappa shape index (κ3) is 2.60. The van der Waals surface area contributed by atoms with Crippen molar-refractivity contribution in [1.82, 2.24) is 4.98 Å². The zero-order chi connectivity index (χ0) is 12.3. The van der Waals surface area contributed by atoms with Crippen LogP contribution in [0.15, 0.2) is 42.7 Å². The molecule has 17 heavy (non-hydrogen) atoms. The summed E-state index contributed by atoms with van der Waals surface area (Å²) in [6.07, 6.45) is 3.23. The lowest BCUT2D eigenvalue weighted by atomic mass is 10.2. The lowest BCUT2D eigenvalue weighted by Crippen LogP contribution is -2.13. The molecule has 0 saturated carbocycles. The Bertz CT molecular complexity index is 552. The van der Waals surface area contributed by atoms with Gasteiger partial charge in [-0.05, 0) is 30.7 Å². The van der Waals surface area contributed by atoms with E-state index < -0.39 is 0 Å². The number of hydrogen-bond acceptors (Lipinski definition) is 3. The number of pyridine rings is 1. The highest BCUT2D eigenvalue weighted by atomic mass is 16.1. The molecule has 3 N–H and O–H groups in total. The number of para-hydroxylation sites is 2. The minimum atomic E-state index is -0.209. The highest BCUT2D eigenvalue weighted by Gasteiger charge is 2.07.